The van der Waals surface area contributed by atoms with Crippen LogP contribution in [0.4, 0.5) is 0 Å². The van der Waals surface area contributed by atoms with Crippen molar-refractivity contribution < 1.29 is 4.74 Å². The van der Waals surface area contributed by atoms with E-state index in [9.17, 15) is 4.79 Å². The Morgan fingerprint density at radius 1 is 1.17 bits per heavy atom. The molecule has 1 fully saturated rings. The van der Waals surface area contributed by atoms with Gasteiger partial charge in [-0.05, 0) is 69.6 Å². The van der Waals surface area contributed by atoms with Gasteiger partial charge in [0.15, 0.2) is 0 Å². The van der Waals surface area contributed by atoms with Crippen LogP contribution in [0.3, 0.4) is 0 Å². The van der Waals surface area contributed by atoms with Crippen LogP contribution in [0.15, 0.2) is 59.7 Å². The minimum Gasteiger partial charge on any atom is -0.491 e. The normalized spacial score (nSPS) is 15.4. The largest absolute Gasteiger partial charge is 0.491 e. The summed E-state index contributed by atoms with van der Waals surface area (Å²) in [4.78, 5) is 26.5. The molecule has 0 radical (unpaired) electrons. The smallest absolute Gasteiger partial charge is 0.251 e. The lowest BCUT2D eigenvalue weighted by Gasteiger charge is -2.31. The molecule has 1 aliphatic heterocycles. The van der Waals surface area contributed by atoms with Crippen molar-refractivity contribution in [3.8, 4) is 17.0 Å². The molecule has 3 aromatic rings. The molecule has 0 spiro atoms. The number of aromatic nitrogens is 3. The summed E-state index contributed by atoms with van der Waals surface area (Å²) in [7, 11) is 0. The lowest BCUT2D eigenvalue weighted by molar-refractivity contribution is 0.201. The van der Waals surface area contributed by atoms with Crippen molar-refractivity contribution in [1.29, 1.82) is 0 Å². The van der Waals surface area contributed by atoms with Crippen molar-refractivity contribution in [1.82, 2.24) is 19.9 Å². The average Bonchev–Trinajstić information content (AvgIpc) is 2.75. The third-order valence-electron chi connectivity index (χ3n) is 5.39. The van der Waals surface area contributed by atoms with E-state index < -0.39 is 0 Å². The Morgan fingerprint density at radius 3 is 2.60 bits per heavy atom. The predicted octanol–water partition coefficient (Wildman–Crippen LogP) is 4.00. The van der Waals surface area contributed by atoms with Crippen LogP contribution < -0.4 is 10.3 Å². The van der Waals surface area contributed by atoms with Gasteiger partial charge in [-0.25, -0.2) is 4.98 Å². The first-order valence-electron chi connectivity index (χ1n) is 10.6. The topological polar surface area (TPSA) is 71.1 Å². The van der Waals surface area contributed by atoms with E-state index in [4.69, 9.17) is 9.72 Å². The number of piperidine rings is 1. The van der Waals surface area contributed by atoms with Crippen molar-refractivity contribution in [2.24, 2.45) is 0 Å². The Hall–Kier alpha value is -2.99. The Labute approximate surface area is 177 Å². The Balaban J connectivity index is 1.38. The van der Waals surface area contributed by atoms with Crippen molar-refractivity contribution in [2.75, 3.05) is 13.1 Å². The number of nitrogens with zero attached hydrogens (tertiary/aromatic N) is 3. The highest BCUT2D eigenvalue weighted by Crippen LogP contribution is 2.27. The van der Waals surface area contributed by atoms with E-state index in [2.05, 4.69) is 27.0 Å². The highest BCUT2D eigenvalue weighted by molar-refractivity contribution is 5.56. The summed E-state index contributed by atoms with van der Waals surface area (Å²) >= 11 is 0. The fourth-order valence-corrected chi connectivity index (χ4v) is 3.90. The summed E-state index contributed by atoms with van der Waals surface area (Å²) in [5, 5.41) is 0. The Bertz CT molecular complexity index is 1010. The zero-order valence-electron chi connectivity index (χ0n) is 17.5. The second kappa shape index (κ2) is 9.22. The number of hydrogen-bond acceptors (Lipinski definition) is 5. The summed E-state index contributed by atoms with van der Waals surface area (Å²) in [6.45, 7) is 6.96. The SMILES string of the molecule is CC(C)Oc1ccc(CN2CCC(c3nc(-c4cccnc4)cc(=O)[nH]3)CC2)cc1. The molecule has 1 N–H and O–H groups in total. The quantitative estimate of drug-likeness (QED) is 0.672. The van der Waals surface area contributed by atoms with Crippen LogP contribution in [0.1, 0.15) is 44.0 Å². The number of ether oxygens (including phenoxy) is 1. The molecule has 2 aromatic heterocycles. The minimum absolute atomic E-state index is 0.106. The van der Waals surface area contributed by atoms with Crippen LogP contribution in [0.5, 0.6) is 5.75 Å². The number of nitrogens with one attached hydrogen (secondary N) is 1. The number of hydrogen-bond donors (Lipinski definition) is 1. The number of H-pyrrole nitrogens is 1. The molecule has 0 amide bonds. The van der Waals surface area contributed by atoms with Gasteiger partial charge >= 0.3 is 0 Å². The van der Waals surface area contributed by atoms with Crippen molar-refractivity contribution in [3.63, 3.8) is 0 Å². The maximum atomic E-state index is 12.2. The van der Waals surface area contributed by atoms with Gasteiger partial charge in [0.05, 0.1) is 11.8 Å². The summed E-state index contributed by atoms with van der Waals surface area (Å²) in [5.74, 6) is 1.97. The fraction of sp³-hybridized carbons (Fsp3) is 0.375. The fourth-order valence-electron chi connectivity index (χ4n) is 3.90. The van der Waals surface area contributed by atoms with Gasteiger partial charge in [0.1, 0.15) is 11.6 Å². The summed E-state index contributed by atoms with van der Waals surface area (Å²) in [6.07, 6.45) is 5.61. The summed E-state index contributed by atoms with van der Waals surface area (Å²) < 4.78 is 5.72. The van der Waals surface area contributed by atoms with Gasteiger partial charge in [0.25, 0.3) is 5.56 Å². The van der Waals surface area contributed by atoms with Crippen molar-refractivity contribution in [2.45, 2.75) is 45.3 Å². The molecule has 6 nitrogen and oxygen atoms in total. The molecule has 0 aliphatic carbocycles. The molecule has 0 unspecified atom stereocenters. The third-order valence-corrected chi connectivity index (χ3v) is 5.39. The van der Waals surface area contributed by atoms with Crippen LogP contribution in [0.25, 0.3) is 11.3 Å². The van der Waals surface area contributed by atoms with E-state index >= 15 is 0 Å². The van der Waals surface area contributed by atoms with Gasteiger partial charge in [0.2, 0.25) is 0 Å². The zero-order chi connectivity index (χ0) is 20.9. The first-order chi connectivity index (χ1) is 14.6. The molecule has 0 atom stereocenters. The average molecular weight is 405 g/mol. The molecule has 30 heavy (non-hydrogen) atoms. The predicted molar refractivity (Wildman–Crippen MR) is 118 cm³/mol. The van der Waals surface area contributed by atoms with Gasteiger partial charge in [0, 0.05) is 36.5 Å². The van der Waals surface area contributed by atoms with Crippen molar-refractivity contribution in [3.05, 3.63) is 76.6 Å². The summed E-state index contributed by atoms with van der Waals surface area (Å²) in [6, 6.07) is 13.7. The van der Waals surface area contributed by atoms with E-state index in [1.165, 1.54) is 5.56 Å². The Kier molecular flexibility index (Phi) is 6.23. The van der Waals surface area contributed by atoms with E-state index in [0.717, 1.165) is 49.6 Å². The number of pyridine rings is 1. The van der Waals surface area contributed by atoms with Crippen molar-refractivity contribution >= 4 is 0 Å². The van der Waals surface area contributed by atoms with Crippen LogP contribution in [0.2, 0.25) is 0 Å². The van der Waals surface area contributed by atoms with Gasteiger partial charge in [-0.1, -0.05) is 12.1 Å². The monoisotopic (exact) mass is 404 g/mol. The van der Waals surface area contributed by atoms with Gasteiger partial charge in [-0.3, -0.25) is 14.7 Å². The maximum Gasteiger partial charge on any atom is 0.251 e. The van der Waals surface area contributed by atoms with Gasteiger partial charge in [-0.2, -0.15) is 0 Å². The molecule has 0 saturated carbocycles. The standard InChI is InChI=1S/C24H28N4O2/c1-17(2)30-21-7-5-18(6-8-21)16-28-12-9-19(10-13-28)24-26-22(14-23(29)27-24)20-4-3-11-25-15-20/h3-8,11,14-15,17,19H,9-10,12-13,16H2,1-2H3,(H,26,27,29). The van der Waals surface area contributed by atoms with Gasteiger partial charge < -0.3 is 9.72 Å². The second-order valence-corrected chi connectivity index (χ2v) is 8.12. The third kappa shape index (κ3) is 5.13. The molecule has 156 valence electrons. The van der Waals surface area contributed by atoms with Crippen LogP contribution in [0, 0.1) is 0 Å². The van der Waals surface area contributed by atoms with Crippen LogP contribution >= 0.6 is 0 Å². The molecule has 3 heterocycles. The van der Waals surface area contributed by atoms with Crippen LogP contribution in [-0.4, -0.2) is 39.0 Å². The lowest BCUT2D eigenvalue weighted by atomic mass is 9.95. The first-order valence-corrected chi connectivity index (χ1v) is 10.6. The molecule has 1 saturated heterocycles. The first kappa shape index (κ1) is 20.3. The van der Waals surface area contributed by atoms with Gasteiger partial charge in [-0.15, -0.1) is 0 Å². The molecular weight excluding hydrogens is 376 g/mol. The van der Waals surface area contributed by atoms with E-state index in [1.54, 1.807) is 18.5 Å². The number of likely N-dealkylation sites (tertiary alicyclic amines) is 1. The molecule has 1 aromatic carbocycles. The second-order valence-electron chi connectivity index (χ2n) is 8.12. The van der Waals surface area contributed by atoms with E-state index in [0.29, 0.717) is 5.69 Å². The number of aromatic amines is 1. The zero-order valence-corrected chi connectivity index (χ0v) is 17.5. The lowest BCUT2D eigenvalue weighted by Crippen LogP contribution is -2.33. The Morgan fingerprint density at radius 2 is 1.93 bits per heavy atom. The maximum absolute atomic E-state index is 12.2. The van der Waals surface area contributed by atoms with E-state index in [1.807, 2.05) is 38.1 Å². The highest BCUT2D eigenvalue weighted by atomic mass is 16.5. The highest BCUT2D eigenvalue weighted by Gasteiger charge is 2.23. The number of benzene rings is 1. The molecule has 1 aliphatic rings. The van der Waals surface area contributed by atoms with Crippen LogP contribution in [-0.2, 0) is 6.54 Å². The molecule has 0 bridgehead atoms. The minimum atomic E-state index is -0.106. The molecule has 6 heteroatoms. The molecular formula is C24H28N4O2. The summed E-state index contributed by atoms with van der Waals surface area (Å²) in [5.41, 5.74) is 2.74. The number of rotatable bonds is 6. The van der Waals surface area contributed by atoms with E-state index in [-0.39, 0.29) is 17.6 Å². The molecule has 4 rings (SSSR count).